The summed E-state index contributed by atoms with van der Waals surface area (Å²) in [4.78, 5) is 11.4. The molecule has 0 saturated carbocycles. The van der Waals surface area contributed by atoms with E-state index < -0.39 is 5.60 Å². The van der Waals surface area contributed by atoms with Gasteiger partial charge in [-0.05, 0) is 18.6 Å². The molecule has 0 radical (unpaired) electrons. The first-order valence-electron chi connectivity index (χ1n) is 5.48. The van der Waals surface area contributed by atoms with Gasteiger partial charge in [0.25, 0.3) is 0 Å². The Morgan fingerprint density at radius 3 is 2.60 bits per heavy atom. The molecule has 0 aromatic heterocycles. The van der Waals surface area contributed by atoms with Crippen molar-refractivity contribution < 1.29 is 9.90 Å². The third-order valence-electron chi connectivity index (χ3n) is 2.00. The van der Waals surface area contributed by atoms with Gasteiger partial charge < -0.3 is 10.4 Å². The summed E-state index contributed by atoms with van der Waals surface area (Å²) in [6, 6.07) is 0. The molecule has 1 amide bonds. The molecule has 15 heavy (non-hydrogen) atoms. The van der Waals surface area contributed by atoms with E-state index in [1.807, 2.05) is 6.92 Å². The van der Waals surface area contributed by atoms with E-state index in [0.717, 1.165) is 6.42 Å². The molecule has 1 unspecified atom stereocenters. The van der Waals surface area contributed by atoms with Crippen LogP contribution in [0.2, 0.25) is 0 Å². The van der Waals surface area contributed by atoms with Crippen LogP contribution in [-0.2, 0) is 4.79 Å². The number of rotatable bonds is 7. The van der Waals surface area contributed by atoms with Crippen molar-refractivity contribution >= 4 is 17.7 Å². The number of aliphatic hydroxyl groups is 1. The van der Waals surface area contributed by atoms with Crippen LogP contribution in [0.3, 0.4) is 0 Å². The molecule has 0 aliphatic carbocycles. The predicted molar refractivity (Wildman–Crippen MR) is 66.1 cm³/mol. The molecule has 2 N–H and O–H groups in total. The highest BCUT2D eigenvalue weighted by atomic mass is 32.2. The van der Waals surface area contributed by atoms with E-state index in [4.69, 9.17) is 0 Å². The summed E-state index contributed by atoms with van der Waals surface area (Å²) in [5, 5.41) is 13.0. The Labute approximate surface area is 97.0 Å². The van der Waals surface area contributed by atoms with Gasteiger partial charge in [0.1, 0.15) is 0 Å². The van der Waals surface area contributed by atoms with Gasteiger partial charge in [0.05, 0.1) is 11.4 Å². The Balaban J connectivity index is 3.70. The largest absolute Gasteiger partial charge is 0.388 e. The van der Waals surface area contributed by atoms with Crippen LogP contribution in [-0.4, -0.2) is 34.2 Å². The molecular weight excluding hydrogens is 210 g/mol. The highest BCUT2D eigenvalue weighted by molar-refractivity contribution is 8.00. The van der Waals surface area contributed by atoms with E-state index in [0.29, 0.717) is 24.0 Å². The Morgan fingerprint density at radius 2 is 2.13 bits per heavy atom. The van der Waals surface area contributed by atoms with E-state index in [1.165, 1.54) is 0 Å². The molecule has 0 rings (SSSR count). The summed E-state index contributed by atoms with van der Waals surface area (Å²) >= 11 is 1.61. The molecule has 0 bridgehead atoms. The number of carbonyl (C=O) groups excluding carboxylic acids is 1. The second kappa shape index (κ2) is 7.12. The summed E-state index contributed by atoms with van der Waals surface area (Å²) in [7, 11) is 0. The normalized spacial score (nSPS) is 15.1. The number of hydrogen-bond donors (Lipinski definition) is 2. The fourth-order valence-electron chi connectivity index (χ4n) is 1.21. The summed E-state index contributed by atoms with van der Waals surface area (Å²) < 4.78 is 0. The van der Waals surface area contributed by atoms with Crippen LogP contribution in [0.15, 0.2) is 0 Å². The molecular formula is C11H23NO2S. The average Bonchev–Trinajstić information content (AvgIpc) is 2.11. The van der Waals surface area contributed by atoms with Gasteiger partial charge in [-0.3, -0.25) is 4.79 Å². The number of thioether (sulfide) groups is 1. The van der Waals surface area contributed by atoms with Crippen molar-refractivity contribution in [3.05, 3.63) is 0 Å². The van der Waals surface area contributed by atoms with Crippen LogP contribution < -0.4 is 5.32 Å². The molecule has 0 aromatic rings. The number of amides is 1. The third kappa shape index (κ3) is 8.75. The van der Waals surface area contributed by atoms with Crippen LogP contribution in [0.1, 0.15) is 40.5 Å². The van der Waals surface area contributed by atoms with E-state index in [2.05, 4.69) is 19.2 Å². The van der Waals surface area contributed by atoms with Crippen molar-refractivity contribution in [1.29, 1.82) is 0 Å². The maximum absolute atomic E-state index is 11.4. The molecule has 0 heterocycles. The molecule has 90 valence electrons. The number of nitrogens with one attached hydrogen (secondary N) is 1. The van der Waals surface area contributed by atoms with Crippen molar-refractivity contribution in [1.82, 2.24) is 5.32 Å². The molecule has 0 aliphatic rings. The molecule has 1 atom stereocenters. The Morgan fingerprint density at radius 1 is 1.53 bits per heavy atom. The molecule has 0 saturated heterocycles. The van der Waals surface area contributed by atoms with Crippen molar-refractivity contribution in [3.63, 3.8) is 0 Å². The lowest BCUT2D eigenvalue weighted by Crippen LogP contribution is -2.41. The van der Waals surface area contributed by atoms with Crippen molar-refractivity contribution in [2.75, 3.05) is 12.3 Å². The van der Waals surface area contributed by atoms with Crippen LogP contribution >= 0.6 is 11.8 Å². The van der Waals surface area contributed by atoms with Gasteiger partial charge in [-0.2, -0.15) is 0 Å². The van der Waals surface area contributed by atoms with Gasteiger partial charge in [0, 0.05) is 6.54 Å². The number of hydrogen-bond acceptors (Lipinski definition) is 3. The topological polar surface area (TPSA) is 49.3 Å². The quantitative estimate of drug-likeness (QED) is 0.705. The van der Waals surface area contributed by atoms with Crippen molar-refractivity contribution in [2.24, 2.45) is 0 Å². The summed E-state index contributed by atoms with van der Waals surface area (Å²) in [6.45, 7) is 8.24. The predicted octanol–water partition coefficient (Wildman–Crippen LogP) is 1.80. The SMILES string of the molecule is CCCC(C)(O)CNC(=O)CSC(C)C. The maximum Gasteiger partial charge on any atom is 0.230 e. The molecule has 4 heteroatoms. The fourth-order valence-corrected chi connectivity index (χ4v) is 1.80. The Hall–Kier alpha value is -0.220. The lowest BCUT2D eigenvalue weighted by Gasteiger charge is -2.22. The maximum atomic E-state index is 11.4. The molecule has 0 aromatic carbocycles. The summed E-state index contributed by atoms with van der Waals surface area (Å²) in [6.07, 6.45) is 1.63. The van der Waals surface area contributed by atoms with Crippen molar-refractivity contribution in [3.8, 4) is 0 Å². The smallest absolute Gasteiger partial charge is 0.230 e. The first-order chi connectivity index (χ1) is 6.87. The average molecular weight is 233 g/mol. The number of carbonyl (C=O) groups is 1. The molecule has 3 nitrogen and oxygen atoms in total. The highest BCUT2D eigenvalue weighted by Gasteiger charge is 2.19. The van der Waals surface area contributed by atoms with Crippen LogP contribution in [0.4, 0.5) is 0 Å². The van der Waals surface area contributed by atoms with Gasteiger partial charge in [-0.15, -0.1) is 11.8 Å². The first-order valence-corrected chi connectivity index (χ1v) is 6.53. The van der Waals surface area contributed by atoms with Crippen LogP contribution in [0, 0.1) is 0 Å². The van der Waals surface area contributed by atoms with E-state index >= 15 is 0 Å². The zero-order chi connectivity index (χ0) is 11.9. The third-order valence-corrected chi connectivity index (χ3v) is 3.10. The van der Waals surface area contributed by atoms with Gasteiger partial charge >= 0.3 is 0 Å². The second-order valence-corrected chi connectivity index (χ2v) is 5.95. The van der Waals surface area contributed by atoms with Crippen LogP contribution in [0.5, 0.6) is 0 Å². The minimum absolute atomic E-state index is 0.00470. The lowest BCUT2D eigenvalue weighted by atomic mass is 10.0. The zero-order valence-corrected chi connectivity index (χ0v) is 11.0. The second-order valence-electron chi connectivity index (χ2n) is 4.38. The van der Waals surface area contributed by atoms with Gasteiger partial charge in [0.15, 0.2) is 0 Å². The molecule has 0 spiro atoms. The first kappa shape index (κ1) is 14.8. The van der Waals surface area contributed by atoms with Gasteiger partial charge in [-0.1, -0.05) is 27.2 Å². The molecule has 0 fully saturated rings. The summed E-state index contributed by atoms with van der Waals surface area (Å²) in [5.41, 5.74) is -0.771. The summed E-state index contributed by atoms with van der Waals surface area (Å²) in [5.74, 6) is 0.477. The van der Waals surface area contributed by atoms with Gasteiger partial charge in [0.2, 0.25) is 5.91 Å². The highest BCUT2D eigenvalue weighted by Crippen LogP contribution is 2.11. The fraction of sp³-hybridized carbons (Fsp3) is 0.909. The zero-order valence-electron chi connectivity index (χ0n) is 10.2. The van der Waals surface area contributed by atoms with Crippen molar-refractivity contribution in [2.45, 2.75) is 51.4 Å². The van der Waals surface area contributed by atoms with E-state index in [-0.39, 0.29) is 5.91 Å². The molecule has 0 aliphatic heterocycles. The standard InChI is InChI=1S/C11H23NO2S/c1-5-6-11(4,14)8-12-10(13)7-15-9(2)3/h9,14H,5-8H2,1-4H3,(H,12,13). The van der Waals surface area contributed by atoms with Gasteiger partial charge in [-0.25, -0.2) is 0 Å². The Kier molecular flexibility index (Phi) is 7.02. The van der Waals surface area contributed by atoms with E-state index in [1.54, 1.807) is 18.7 Å². The monoisotopic (exact) mass is 233 g/mol. The Bertz CT molecular complexity index is 193. The minimum atomic E-state index is -0.771. The lowest BCUT2D eigenvalue weighted by molar-refractivity contribution is -0.119. The van der Waals surface area contributed by atoms with E-state index in [9.17, 15) is 9.90 Å². The minimum Gasteiger partial charge on any atom is -0.388 e. The van der Waals surface area contributed by atoms with Crippen LogP contribution in [0.25, 0.3) is 0 Å².